The van der Waals surface area contributed by atoms with Crippen molar-refractivity contribution >= 4 is 23.3 Å². The second-order valence-electron chi connectivity index (χ2n) is 4.64. The van der Waals surface area contributed by atoms with E-state index in [2.05, 4.69) is 5.32 Å². The zero-order chi connectivity index (χ0) is 14.7. The van der Waals surface area contributed by atoms with Gasteiger partial charge in [0.2, 0.25) is 5.91 Å². The zero-order valence-electron chi connectivity index (χ0n) is 11.0. The van der Waals surface area contributed by atoms with E-state index in [1.165, 1.54) is 24.3 Å². The molecule has 1 atom stereocenters. The Labute approximate surface area is 115 Å². The van der Waals surface area contributed by atoms with Gasteiger partial charge in [0.15, 0.2) is 0 Å². The van der Waals surface area contributed by atoms with Crippen LogP contribution in [0.2, 0.25) is 0 Å². The fraction of sp³-hybridized carbons (Fsp3) is 0.385. The molecule has 1 N–H and O–H groups in total. The number of nitrogens with zero attached hydrogens (tertiary/aromatic N) is 2. The third kappa shape index (κ3) is 2.76. The van der Waals surface area contributed by atoms with Crippen molar-refractivity contribution in [1.29, 1.82) is 0 Å². The van der Waals surface area contributed by atoms with E-state index < -0.39 is 11.0 Å². The van der Waals surface area contributed by atoms with Crippen LogP contribution in [0.1, 0.15) is 26.2 Å². The van der Waals surface area contributed by atoms with Crippen molar-refractivity contribution in [3.63, 3.8) is 0 Å². The molecule has 7 heteroatoms. The van der Waals surface area contributed by atoms with E-state index in [4.69, 9.17) is 0 Å². The molecule has 1 aromatic carbocycles. The van der Waals surface area contributed by atoms with Gasteiger partial charge in [0.25, 0.3) is 5.69 Å². The normalized spacial score (nSPS) is 18.9. The molecule has 0 aliphatic carbocycles. The summed E-state index contributed by atoms with van der Waals surface area (Å²) in [5, 5.41) is 13.3. The number of rotatable bonds is 4. The zero-order valence-corrected chi connectivity index (χ0v) is 11.0. The van der Waals surface area contributed by atoms with Crippen LogP contribution in [0.15, 0.2) is 24.3 Å². The summed E-state index contributed by atoms with van der Waals surface area (Å²) in [6, 6.07) is 4.73. The summed E-state index contributed by atoms with van der Waals surface area (Å²) in [5.74, 6) is -0.291. The van der Waals surface area contributed by atoms with Gasteiger partial charge in [-0.05, 0) is 18.6 Å². The van der Waals surface area contributed by atoms with Gasteiger partial charge < -0.3 is 5.32 Å². The molecule has 0 saturated carbocycles. The van der Waals surface area contributed by atoms with Gasteiger partial charge in [-0.3, -0.25) is 14.9 Å². The summed E-state index contributed by atoms with van der Waals surface area (Å²) in [6.45, 7) is 1.99. The lowest BCUT2D eigenvalue weighted by Gasteiger charge is -2.31. The molecule has 1 saturated heterocycles. The van der Waals surface area contributed by atoms with Gasteiger partial charge in [-0.25, -0.2) is 9.69 Å². The van der Waals surface area contributed by atoms with Gasteiger partial charge in [0.1, 0.15) is 0 Å². The lowest BCUT2D eigenvalue weighted by molar-refractivity contribution is -0.384. The molecule has 1 heterocycles. The minimum atomic E-state index is -0.529. The molecule has 0 radical (unpaired) electrons. The number of urea groups is 1. The molecule has 20 heavy (non-hydrogen) atoms. The molecule has 3 amide bonds. The number of nitro benzene ring substituents is 1. The largest absolute Gasteiger partial charge is 0.334 e. The lowest BCUT2D eigenvalue weighted by Crippen LogP contribution is -2.54. The summed E-state index contributed by atoms with van der Waals surface area (Å²) < 4.78 is 0. The summed E-state index contributed by atoms with van der Waals surface area (Å²) in [6.07, 6.45) is 1.89. The molecular formula is C13H15N3O4. The van der Waals surface area contributed by atoms with Crippen LogP contribution in [0.4, 0.5) is 16.2 Å². The van der Waals surface area contributed by atoms with Crippen molar-refractivity contribution < 1.29 is 14.5 Å². The van der Waals surface area contributed by atoms with Crippen molar-refractivity contribution in [3.8, 4) is 0 Å². The number of carbonyl (C=O) groups is 2. The van der Waals surface area contributed by atoms with E-state index in [-0.39, 0.29) is 24.1 Å². The summed E-state index contributed by atoms with van der Waals surface area (Å²) in [5.41, 5.74) is 0.260. The van der Waals surface area contributed by atoms with Gasteiger partial charge in [-0.2, -0.15) is 0 Å². The quantitative estimate of drug-likeness (QED) is 0.674. The highest BCUT2D eigenvalue weighted by molar-refractivity contribution is 6.16. The average molecular weight is 277 g/mol. The highest BCUT2D eigenvalue weighted by Crippen LogP contribution is 2.23. The molecule has 1 aliphatic rings. The van der Waals surface area contributed by atoms with E-state index in [1.807, 2.05) is 6.92 Å². The van der Waals surface area contributed by atoms with E-state index in [9.17, 15) is 19.7 Å². The monoisotopic (exact) mass is 277 g/mol. The third-order valence-electron chi connectivity index (χ3n) is 3.16. The molecule has 1 aromatic rings. The molecule has 7 nitrogen and oxygen atoms in total. The van der Waals surface area contributed by atoms with Crippen molar-refractivity contribution in [1.82, 2.24) is 5.32 Å². The van der Waals surface area contributed by atoms with E-state index in [0.29, 0.717) is 5.69 Å². The van der Waals surface area contributed by atoms with Crippen LogP contribution in [0.3, 0.4) is 0 Å². The summed E-state index contributed by atoms with van der Waals surface area (Å²) in [7, 11) is 0. The smallest absolute Gasteiger partial charge is 0.328 e. The maximum Gasteiger partial charge on any atom is 0.328 e. The highest BCUT2D eigenvalue weighted by Gasteiger charge is 2.32. The Morgan fingerprint density at radius 1 is 1.35 bits per heavy atom. The fourth-order valence-corrected chi connectivity index (χ4v) is 2.21. The Bertz CT molecular complexity index is 523. The molecule has 1 fully saturated rings. The predicted octanol–water partition coefficient (Wildman–Crippen LogP) is 2.21. The number of imide groups is 1. The first-order chi connectivity index (χ1) is 9.52. The van der Waals surface area contributed by atoms with E-state index in [0.717, 1.165) is 17.7 Å². The Balaban J connectivity index is 2.18. The Morgan fingerprint density at radius 3 is 2.50 bits per heavy atom. The number of hydrogen-bond acceptors (Lipinski definition) is 4. The molecule has 2 rings (SSSR count). The first-order valence-corrected chi connectivity index (χ1v) is 6.41. The SMILES string of the molecule is CCCC1CC(=O)N(c2ccc([N+](=O)[O-])cc2)C(=O)N1. The predicted molar refractivity (Wildman–Crippen MR) is 72.4 cm³/mol. The maximum atomic E-state index is 12.0. The van der Waals surface area contributed by atoms with E-state index in [1.54, 1.807) is 0 Å². The van der Waals surface area contributed by atoms with Crippen LogP contribution < -0.4 is 10.2 Å². The minimum absolute atomic E-state index is 0.0810. The van der Waals surface area contributed by atoms with Crippen LogP contribution in [0, 0.1) is 10.1 Å². The highest BCUT2D eigenvalue weighted by atomic mass is 16.6. The molecule has 0 spiro atoms. The Morgan fingerprint density at radius 2 is 2.00 bits per heavy atom. The molecular weight excluding hydrogens is 262 g/mol. The number of non-ortho nitro benzene ring substituents is 1. The molecule has 0 aromatic heterocycles. The van der Waals surface area contributed by atoms with Crippen molar-refractivity contribution in [2.45, 2.75) is 32.2 Å². The second-order valence-corrected chi connectivity index (χ2v) is 4.64. The topological polar surface area (TPSA) is 92.6 Å². The van der Waals surface area contributed by atoms with Crippen molar-refractivity contribution in [2.75, 3.05) is 4.90 Å². The molecule has 1 unspecified atom stereocenters. The van der Waals surface area contributed by atoms with Gasteiger partial charge in [-0.15, -0.1) is 0 Å². The number of hydrogen-bond donors (Lipinski definition) is 1. The minimum Gasteiger partial charge on any atom is -0.334 e. The van der Waals surface area contributed by atoms with Gasteiger partial charge in [0.05, 0.1) is 10.6 Å². The second kappa shape index (κ2) is 5.68. The lowest BCUT2D eigenvalue weighted by atomic mass is 10.1. The number of nitrogens with one attached hydrogen (secondary N) is 1. The standard InChI is InChI=1S/C13H15N3O4/c1-2-3-9-8-12(17)15(13(18)14-9)10-4-6-11(7-5-10)16(19)20/h4-7,9H,2-3,8H2,1H3,(H,14,18). The first-order valence-electron chi connectivity index (χ1n) is 6.41. The van der Waals surface area contributed by atoms with Gasteiger partial charge in [-0.1, -0.05) is 13.3 Å². The van der Waals surface area contributed by atoms with Gasteiger partial charge >= 0.3 is 6.03 Å². The average Bonchev–Trinajstić information content (AvgIpc) is 2.39. The first kappa shape index (κ1) is 14.0. The van der Waals surface area contributed by atoms with Crippen LogP contribution in [-0.2, 0) is 4.79 Å². The molecule has 106 valence electrons. The Kier molecular flexibility index (Phi) is 3.97. The third-order valence-corrected chi connectivity index (χ3v) is 3.16. The van der Waals surface area contributed by atoms with Crippen molar-refractivity contribution in [3.05, 3.63) is 34.4 Å². The fourth-order valence-electron chi connectivity index (χ4n) is 2.21. The van der Waals surface area contributed by atoms with E-state index >= 15 is 0 Å². The van der Waals surface area contributed by atoms with Crippen LogP contribution in [0.5, 0.6) is 0 Å². The molecule has 1 aliphatic heterocycles. The number of carbonyl (C=O) groups excluding carboxylic acids is 2. The van der Waals surface area contributed by atoms with Crippen LogP contribution in [0.25, 0.3) is 0 Å². The summed E-state index contributed by atoms with van der Waals surface area (Å²) >= 11 is 0. The number of benzene rings is 1. The number of anilines is 1. The number of nitro groups is 1. The Hall–Kier alpha value is -2.44. The van der Waals surface area contributed by atoms with Crippen LogP contribution >= 0.6 is 0 Å². The number of amides is 3. The van der Waals surface area contributed by atoms with Crippen molar-refractivity contribution in [2.24, 2.45) is 0 Å². The van der Waals surface area contributed by atoms with Gasteiger partial charge in [0, 0.05) is 24.6 Å². The maximum absolute atomic E-state index is 12.0. The van der Waals surface area contributed by atoms with Crippen LogP contribution in [-0.4, -0.2) is 22.9 Å². The molecule has 0 bridgehead atoms. The summed E-state index contributed by atoms with van der Waals surface area (Å²) in [4.78, 5) is 35.1.